The summed E-state index contributed by atoms with van der Waals surface area (Å²) in [5, 5.41) is 0. The van der Waals surface area contributed by atoms with E-state index in [0.717, 1.165) is 0 Å². The van der Waals surface area contributed by atoms with Gasteiger partial charge in [-0.25, -0.2) is 4.79 Å². The lowest BCUT2D eigenvalue weighted by molar-refractivity contribution is -0.115. The van der Waals surface area contributed by atoms with Crippen LogP contribution < -0.4 is 0 Å². The van der Waals surface area contributed by atoms with Crippen molar-refractivity contribution in [2.75, 3.05) is 0 Å². The zero-order valence-corrected chi connectivity index (χ0v) is 8.57. The molecule has 0 N–H and O–H groups in total. The maximum Gasteiger partial charge on any atom is 0.509 e. The van der Waals surface area contributed by atoms with E-state index in [9.17, 15) is 9.59 Å². The average Bonchev–Trinajstić information content (AvgIpc) is 2.30. The molecule has 4 nitrogen and oxygen atoms in total. The number of rotatable bonds is 1. The summed E-state index contributed by atoms with van der Waals surface area (Å²) in [6.45, 7) is 5.26. The summed E-state index contributed by atoms with van der Waals surface area (Å²) in [6, 6.07) is 0. The average molecular weight is 198 g/mol. The third-order valence-electron chi connectivity index (χ3n) is 1.54. The molecule has 0 saturated carbocycles. The van der Waals surface area contributed by atoms with Gasteiger partial charge >= 0.3 is 6.16 Å². The second kappa shape index (κ2) is 3.82. The molecular formula is C10H14O4. The first kappa shape index (κ1) is 10.8. The molecule has 1 aliphatic rings. The molecule has 0 unspecified atom stereocenters. The summed E-state index contributed by atoms with van der Waals surface area (Å²) >= 11 is 0. The van der Waals surface area contributed by atoms with E-state index in [1.54, 1.807) is 26.8 Å². The molecule has 0 aromatic rings. The second-order valence-electron chi connectivity index (χ2n) is 4.15. The maximum atomic E-state index is 11.1. The van der Waals surface area contributed by atoms with E-state index in [0.29, 0.717) is 0 Å². The van der Waals surface area contributed by atoms with Gasteiger partial charge in [0.05, 0.1) is 6.42 Å². The van der Waals surface area contributed by atoms with Crippen molar-refractivity contribution in [3.63, 3.8) is 0 Å². The van der Waals surface area contributed by atoms with Crippen LogP contribution in [-0.4, -0.2) is 23.6 Å². The van der Waals surface area contributed by atoms with Gasteiger partial charge in [0.1, 0.15) is 11.7 Å². The largest absolute Gasteiger partial charge is 0.509 e. The predicted molar refractivity (Wildman–Crippen MR) is 49.9 cm³/mol. The molecule has 0 bridgehead atoms. The van der Waals surface area contributed by atoms with Gasteiger partial charge in [-0.05, 0) is 32.9 Å². The molecule has 4 heteroatoms. The van der Waals surface area contributed by atoms with E-state index >= 15 is 0 Å². The minimum atomic E-state index is -0.734. The van der Waals surface area contributed by atoms with Crippen LogP contribution in [0.1, 0.15) is 27.2 Å². The fraction of sp³-hybridized carbons (Fsp3) is 0.600. The number of ether oxygens (including phenoxy) is 2. The zero-order valence-electron chi connectivity index (χ0n) is 8.57. The SMILES string of the molecule is CC(C)(C)OC(=O)O[C@H]1C=CC(=O)C1. The molecule has 0 aliphatic heterocycles. The Kier molecular flexibility index (Phi) is 2.93. The molecule has 0 fully saturated rings. The van der Waals surface area contributed by atoms with Crippen molar-refractivity contribution in [2.45, 2.75) is 38.9 Å². The Hall–Kier alpha value is -1.32. The summed E-state index contributed by atoms with van der Waals surface area (Å²) in [5.41, 5.74) is -0.566. The monoisotopic (exact) mass is 198 g/mol. The van der Waals surface area contributed by atoms with Crippen LogP contribution in [0.15, 0.2) is 12.2 Å². The van der Waals surface area contributed by atoms with Gasteiger partial charge in [0.25, 0.3) is 0 Å². The summed E-state index contributed by atoms with van der Waals surface area (Å²) < 4.78 is 9.82. The number of ketones is 1. The number of hydrogen-bond donors (Lipinski definition) is 0. The van der Waals surface area contributed by atoms with Gasteiger partial charge in [0.15, 0.2) is 5.78 Å². The Morgan fingerprint density at radius 3 is 2.57 bits per heavy atom. The van der Waals surface area contributed by atoms with Gasteiger partial charge in [-0.15, -0.1) is 0 Å². The van der Waals surface area contributed by atoms with E-state index < -0.39 is 17.9 Å². The zero-order chi connectivity index (χ0) is 10.8. The van der Waals surface area contributed by atoms with Crippen molar-refractivity contribution in [3.8, 4) is 0 Å². The molecule has 0 amide bonds. The molecule has 1 aliphatic carbocycles. The first-order chi connectivity index (χ1) is 6.37. The highest BCUT2D eigenvalue weighted by Crippen LogP contribution is 2.14. The van der Waals surface area contributed by atoms with Crippen LogP contribution in [-0.2, 0) is 14.3 Å². The third kappa shape index (κ3) is 3.60. The lowest BCUT2D eigenvalue weighted by Crippen LogP contribution is -2.26. The standard InChI is InChI=1S/C10H14O4/c1-10(2,3)14-9(12)13-8-5-4-7(11)6-8/h4-5,8H,6H2,1-3H3/t8-/m0/s1. The molecule has 0 aromatic heterocycles. The maximum absolute atomic E-state index is 11.1. The summed E-state index contributed by atoms with van der Waals surface area (Å²) in [7, 11) is 0. The highest BCUT2D eigenvalue weighted by molar-refractivity contribution is 5.92. The molecule has 78 valence electrons. The van der Waals surface area contributed by atoms with Crippen molar-refractivity contribution in [3.05, 3.63) is 12.2 Å². The molecule has 0 spiro atoms. The molecule has 1 rings (SSSR count). The van der Waals surface area contributed by atoms with E-state index in [4.69, 9.17) is 9.47 Å². The van der Waals surface area contributed by atoms with E-state index in [-0.39, 0.29) is 12.2 Å². The van der Waals surface area contributed by atoms with Crippen LogP contribution in [0.5, 0.6) is 0 Å². The van der Waals surface area contributed by atoms with Crippen LogP contribution in [0.2, 0.25) is 0 Å². The van der Waals surface area contributed by atoms with E-state index in [2.05, 4.69) is 0 Å². The Bertz CT molecular complexity index is 272. The predicted octanol–water partition coefficient (Wildman–Crippen LogP) is 1.84. The van der Waals surface area contributed by atoms with Crippen molar-refractivity contribution >= 4 is 11.9 Å². The van der Waals surface area contributed by atoms with Crippen LogP contribution in [0, 0.1) is 0 Å². The highest BCUT2D eigenvalue weighted by atomic mass is 16.7. The van der Waals surface area contributed by atoms with E-state index in [1.807, 2.05) is 0 Å². The Balaban J connectivity index is 2.35. The molecule has 0 saturated heterocycles. The summed E-state index contributed by atoms with van der Waals surface area (Å²) in [4.78, 5) is 21.9. The van der Waals surface area contributed by atoms with Gasteiger partial charge in [-0.1, -0.05) is 0 Å². The summed E-state index contributed by atoms with van der Waals surface area (Å²) in [6.07, 6.45) is 2.00. The van der Waals surface area contributed by atoms with Gasteiger partial charge in [-0.3, -0.25) is 4.79 Å². The molecule has 1 atom stereocenters. The van der Waals surface area contributed by atoms with Crippen LogP contribution >= 0.6 is 0 Å². The Morgan fingerprint density at radius 2 is 2.14 bits per heavy atom. The smallest absolute Gasteiger partial charge is 0.429 e. The van der Waals surface area contributed by atoms with Crippen molar-refractivity contribution in [2.24, 2.45) is 0 Å². The normalized spacial score (nSPS) is 21.1. The van der Waals surface area contributed by atoms with Gasteiger partial charge in [-0.2, -0.15) is 0 Å². The molecule has 14 heavy (non-hydrogen) atoms. The number of carbonyl (C=O) groups excluding carboxylic acids is 2. The minimum absolute atomic E-state index is 0.0291. The van der Waals surface area contributed by atoms with Crippen LogP contribution in [0.3, 0.4) is 0 Å². The fourth-order valence-corrected chi connectivity index (χ4v) is 1.03. The fourth-order valence-electron chi connectivity index (χ4n) is 1.03. The van der Waals surface area contributed by atoms with Crippen molar-refractivity contribution < 1.29 is 19.1 Å². The molecule has 0 radical (unpaired) electrons. The minimum Gasteiger partial charge on any atom is -0.429 e. The second-order valence-corrected chi connectivity index (χ2v) is 4.15. The number of allylic oxidation sites excluding steroid dienone is 1. The van der Waals surface area contributed by atoms with Crippen LogP contribution in [0.25, 0.3) is 0 Å². The lowest BCUT2D eigenvalue weighted by atomic mass is 10.2. The topological polar surface area (TPSA) is 52.6 Å². The highest BCUT2D eigenvalue weighted by Gasteiger charge is 2.23. The quantitative estimate of drug-likeness (QED) is 0.603. The molecular weight excluding hydrogens is 184 g/mol. The van der Waals surface area contributed by atoms with Crippen molar-refractivity contribution in [1.29, 1.82) is 0 Å². The number of carbonyl (C=O) groups is 2. The third-order valence-corrected chi connectivity index (χ3v) is 1.54. The summed E-state index contributed by atoms with van der Waals surface area (Å²) in [5.74, 6) is -0.0291. The lowest BCUT2D eigenvalue weighted by Gasteiger charge is -2.20. The molecule has 0 aromatic carbocycles. The first-order valence-electron chi connectivity index (χ1n) is 4.47. The Morgan fingerprint density at radius 1 is 1.50 bits per heavy atom. The van der Waals surface area contributed by atoms with Gasteiger partial charge in [0.2, 0.25) is 0 Å². The molecule has 0 heterocycles. The van der Waals surface area contributed by atoms with Gasteiger partial charge < -0.3 is 9.47 Å². The van der Waals surface area contributed by atoms with E-state index in [1.165, 1.54) is 6.08 Å². The van der Waals surface area contributed by atoms with Crippen LogP contribution in [0.4, 0.5) is 4.79 Å². The van der Waals surface area contributed by atoms with Gasteiger partial charge in [0, 0.05) is 0 Å². The number of hydrogen-bond acceptors (Lipinski definition) is 4. The first-order valence-corrected chi connectivity index (χ1v) is 4.47. The van der Waals surface area contributed by atoms with Crippen molar-refractivity contribution in [1.82, 2.24) is 0 Å². The Labute approximate surface area is 82.9 Å².